The van der Waals surface area contributed by atoms with Crippen molar-refractivity contribution in [2.75, 3.05) is 0 Å². The lowest BCUT2D eigenvalue weighted by Gasteiger charge is -1.93. The van der Waals surface area contributed by atoms with E-state index in [4.69, 9.17) is 0 Å². The van der Waals surface area contributed by atoms with E-state index in [0.29, 0.717) is 19.3 Å². The summed E-state index contributed by atoms with van der Waals surface area (Å²) in [7, 11) is 0. The van der Waals surface area contributed by atoms with Gasteiger partial charge >= 0.3 is 0 Å². The van der Waals surface area contributed by atoms with Gasteiger partial charge in [0.05, 0.1) is 11.3 Å². The Balaban J connectivity index is 4.07. The lowest BCUT2D eigenvalue weighted by Crippen LogP contribution is -1.97. The van der Waals surface area contributed by atoms with Gasteiger partial charge in [-0.25, -0.2) is 0 Å². The Labute approximate surface area is 157 Å². The van der Waals surface area contributed by atoms with Crippen LogP contribution in [0.15, 0.2) is 72.5 Å². The molecule has 0 aromatic heterocycles. The maximum atomic E-state index is 11.0. The highest BCUT2D eigenvalue weighted by Gasteiger charge is 2.06. The third-order valence-electron chi connectivity index (χ3n) is 3.35. The molecule has 0 fully saturated rings. The van der Waals surface area contributed by atoms with Crippen LogP contribution < -0.4 is 0 Å². The third-order valence-corrected chi connectivity index (χ3v) is 3.35. The minimum absolute atomic E-state index is 0.230. The Morgan fingerprint density at radius 1 is 0.846 bits per heavy atom. The van der Waals surface area contributed by atoms with Gasteiger partial charge in [0.25, 0.3) is 0 Å². The van der Waals surface area contributed by atoms with Crippen molar-refractivity contribution < 1.29 is 9.72 Å². The molecule has 4 nitrogen and oxygen atoms in total. The molecule has 0 aliphatic heterocycles. The van der Waals surface area contributed by atoms with Crippen molar-refractivity contribution in [3.63, 3.8) is 0 Å². The molecule has 0 bridgehead atoms. The second-order valence-electron chi connectivity index (χ2n) is 5.55. The second-order valence-corrected chi connectivity index (χ2v) is 5.55. The summed E-state index contributed by atoms with van der Waals surface area (Å²) in [6.07, 6.45) is 29.1. The molecule has 0 N–H and O–H groups in total. The first-order valence-corrected chi connectivity index (χ1v) is 9.15. The Morgan fingerprint density at radius 2 is 1.38 bits per heavy atom. The molecule has 0 aliphatic rings. The van der Waals surface area contributed by atoms with Crippen molar-refractivity contribution >= 4 is 6.29 Å². The number of hydrogen-bond acceptors (Lipinski definition) is 3. The molecule has 0 saturated heterocycles. The molecule has 0 aromatic carbocycles. The van der Waals surface area contributed by atoms with Gasteiger partial charge in [0.2, 0.25) is 5.70 Å². The average Bonchev–Trinajstić information content (AvgIpc) is 2.63. The van der Waals surface area contributed by atoms with E-state index in [1.807, 2.05) is 54.9 Å². The SMILES string of the molecule is CC/C=C\C/C=C\C/C=C(\C/C=C\C/C=C\C/C=C\CC[C]=O)[N+](=O)[O-]. The van der Waals surface area contributed by atoms with E-state index >= 15 is 0 Å². The van der Waals surface area contributed by atoms with E-state index in [1.54, 1.807) is 6.08 Å². The van der Waals surface area contributed by atoms with Gasteiger partial charge in [-0.05, 0) is 44.6 Å². The molecule has 26 heavy (non-hydrogen) atoms. The van der Waals surface area contributed by atoms with Crippen LogP contribution in [0, 0.1) is 10.1 Å². The minimum atomic E-state index is -0.313. The van der Waals surface area contributed by atoms with Gasteiger partial charge in [0, 0.05) is 6.42 Å². The number of nitrogens with zero attached hydrogens (tertiary/aromatic N) is 1. The molecule has 0 atom stereocenters. The maximum Gasteiger partial charge on any atom is 0.246 e. The Bertz CT molecular complexity index is 552. The molecule has 0 saturated carbocycles. The van der Waals surface area contributed by atoms with Crippen LogP contribution in [0.4, 0.5) is 0 Å². The number of nitro groups is 1. The molecule has 0 spiro atoms. The van der Waals surface area contributed by atoms with Gasteiger partial charge in [-0.15, -0.1) is 0 Å². The van der Waals surface area contributed by atoms with Crippen LogP contribution in [0.3, 0.4) is 0 Å². The minimum Gasteiger partial charge on any atom is -0.291 e. The highest BCUT2D eigenvalue weighted by molar-refractivity contribution is 5.50. The van der Waals surface area contributed by atoms with E-state index in [0.717, 1.165) is 32.1 Å². The zero-order chi connectivity index (χ0) is 19.3. The van der Waals surface area contributed by atoms with Gasteiger partial charge in [-0.3, -0.25) is 14.9 Å². The fourth-order valence-corrected chi connectivity index (χ4v) is 1.98. The topological polar surface area (TPSA) is 60.2 Å². The van der Waals surface area contributed by atoms with Gasteiger partial charge in [-0.1, -0.05) is 67.7 Å². The van der Waals surface area contributed by atoms with Crippen molar-refractivity contribution in [3.05, 3.63) is 82.6 Å². The molecule has 4 heteroatoms. The van der Waals surface area contributed by atoms with Crippen LogP contribution in [0.5, 0.6) is 0 Å². The van der Waals surface area contributed by atoms with E-state index in [9.17, 15) is 14.9 Å². The lowest BCUT2D eigenvalue weighted by molar-refractivity contribution is -0.427. The van der Waals surface area contributed by atoms with Crippen molar-refractivity contribution in [3.8, 4) is 0 Å². The smallest absolute Gasteiger partial charge is 0.246 e. The largest absolute Gasteiger partial charge is 0.291 e. The predicted octanol–water partition coefficient (Wildman–Crippen LogP) is 6.18. The summed E-state index contributed by atoms with van der Waals surface area (Å²) in [6.45, 7) is 2.09. The van der Waals surface area contributed by atoms with Crippen molar-refractivity contribution in [2.45, 2.75) is 58.3 Å². The zero-order valence-electron chi connectivity index (χ0n) is 15.7. The molecular formula is C22H30NO3. The van der Waals surface area contributed by atoms with Crippen LogP contribution in [-0.2, 0) is 4.79 Å². The van der Waals surface area contributed by atoms with Gasteiger partial charge in [-0.2, -0.15) is 0 Å². The Morgan fingerprint density at radius 3 is 1.96 bits per heavy atom. The first-order valence-electron chi connectivity index (χ1n) is 9.15. The normalized spacial score (nSPS) is 13.2. The van der Waals surface area contributed by atoms with Crippen molar-refractivity contribution in [2.24, 2.45) is 0 Å². The highest BCUT2D eigenvalue weighted by Crippen LogP contribution is 2.06. The molecule has 0 unspecified atom stereocenters. The number of carbonyl (C=O) groups excluding carboxylic acids is 1. The standard InChI is InChI=1S/C22H30NO3/c1-2-3-4-5-10-13-16-19-22(23(25)26)20-17-14-11-8-6-7-9-12-15-18-21-24/h3-4,6,8-10,12-14,17,19H,2,5,7,11,15-16,18,20H2,1H3/b4-3-,8-6-,12-9-,13-10-,17-14-,22-19+. The molecule has 0 rings (SSSR count). The summed E-state index contributed by atoms with van der Waals surface area (Å²) in [5.41, 5.74) is 0.230. The van der Waals surface area contributed by atoms with Crippen LogP contribution in [-0.4, -0.2) is 11.2 Å². The number of rotatable bonds is 15. The molecule has 0 heterocycles. The maximum absolute atomic E-state index is 11.0. The quantitative estimate of drug-likeness (QED) is 0.152. The van der Waals surface area contributed by atoms with Gasteiger partial charge in [0.15, 0.2) is 6.29 Å². The summed E-state index contributed by atoms with van der Waals surface area (Å²) < 4.78 is 0. The molecule has 1 radical (unpaired) electrons. The van der Waals surface area contributed by atoms with Crippen LogP contribution in [0.1, 0.15) is 58.3 Å². The number of unbranched alkanes of at least 4 members (excludes halogenated alkanes) is 1. The molecule has 141 valence electrons. The van der Waals surface area contributed by atoms with E-state index < -0.39 is 0 Å². The first kappa shape index (κ1) is 23.5. The molecule has 0 amide bonds. The molecule has 0 aliphatic carbocycles. The van der Waals surface area contributed by atoms with Crippen molar-refractivity contribution in [1.82, 2.24) is 0 Å². The number of allylic oxidation sites excluding steroid dienone is 11. The second kappa shape index (κ2) is 18.8. The zero-order valence-corrected chi connectivity index (χ0v) is 15.7. The van der Waals surface area contributed by atoms with Crippen LogP contribution in [0.25, 0.3) is 0 Å². The summed E-state index contributed by atoms with van der Waals surface area (Å²) in [6, 6.07) is 0. The van der Waals surface area contributed by atoms with Gasteiger partial charge in [0.1, 0.15) is 0 Å². The fraction of sp³-hybridized carbons (Fsp3) is 0.409. The van der Waals surface area contributed by atoms with E-state index in [2.05, 4.69) is 19.1 Å². The van der Waals surface area contributed by atoms with Crippen LogP contribution >= 0.6 is 0 Å². The number of hydrogen-bond donors (Lipinski definition) is 0. The van der Waals surface area contributed by atoms with Gasteiger partial charge < -0.3 is 0 Å². The molecular weight excluding hydrogens is 326 g/mol. The third kappa shape index (κ3) is 16.4. The summed E-state index contributed by atoms with van der Waals surface area (Å²) in [4.78, 5) is 20.7. The average molecular weight is 356 g/mol. The summed E-state index contributed by atoms with van der Waals surface area (Å²) in [5, 5.41) is 11.0. The van der Waals surface area contributed by atoms with E-state index in [-0.39, 0.29) is 10.6 Å². The van der Waals surface area contributed by atoms with Crippen molar-refractivity contribution in [1.29, 1.82) is 0 Å². The monoisotopic (exact) mass is 356 g/mol. The summed E-state index contributed by atoms with van der Waals surface area (Å²) in [5.74, 6) is 0. The Kier molecular flexibility index (Phi) is 17.0. The summed E-state index contributed by atoms with van der Waals surface area (Å²) >= 11 is 0. The fourth-order valence-electron chi connectivity index (χ4n) is 1.98. The highest BCUT2D eigenvalue weighted by atomic mass is 16.6. The molecule has 0 aromatic rings. The lowest BCUT2D eigenvalue weighted by atomic mass is 10.2. The Hall–Kier alpha value is -2.49. The first-order chi connectivity index (χ1) is 12.7. The van der Waals surface area contributed by atoms with E-state index in [1.165, 1.54) is 0 Å². The predicted molar refractivity (Wildman–Crippen MR) is 109 cm³/mol. The van der Waals surface area contributed by atoms with Crippen LogP contribution in [0.2, 0.25) is 0 Å².